The first-order chi connectivity index (χ1) is 47.1. The molecule has 2 N–H and O–H groups in total. The molecule has 0 aliphatic heterocycles. The molecule has 0 amide bonds. The van der Waals surface area contributed by atoms with Crippen LogP contribution in [0.5, 0.6) is 0 Å². The predicted molar refractivity (Wildman–Crippen MR) is 408 cm³/mol. The standard InChI is InChI=1S/C41H24ClN3O.C21H14BrN3.C20H12BClO3.CH3.B/c42-30-19-21-31-32-20-18-28(23-35(32)38-37(34(31)24-30)33-16-7-8-17-36(33)46-38)27-14-9-15-29(22-27)41-44-39(25-10-3-1-4-11-25)43-40(45-41)26-12-5-2-6-13-26;22-18-13-7-12-17(14-18)21-24-19(15-8-3-1-4-9-15)23-20(25-21)16-10-5-2-6-11-16;22-12-6-8-13-14-7-5-11(21(23)24)9-17(14)20-19(16(13)10-12)15-3-1-2-4-18(15)25-20;;/h1-24H;1-14H;1-10,23-24H;1H3;/q;;;2*-1. The molecule has 0 aliphatic carbocycles. The minimum atomic E-state index is -1.52. The average Bonchev–Trinajstić information content (AvgIpc) is 1.53. The molecule has 0 saturated carbocycles. The molecule has 18 aromatic rings. The highest BCUT2D eigenvalue weighted by Crippen LogP contribution is 2.45. The van der Waals surface area contributed by atoms with Gasteiger partial charge in [0.25, 0.3) is 0 Å². The first-order valence-electron chi connectivity index (χ1n) is 31.0. The summed E-state index contributed by atoms with van der Waals surface area (Å²) >= 11 is 16.3. The topological polar surface area (TPSA) is 144 Å². The van der Waals surface area contributed by atoms with Crippen molar-refractivity contribution in [3.8, 4) is 79.5 Å². The molecule has 14 aromatic carbocycles. The van der Waals surface area contributed by atoms with Gasteiger partial charge in [-0.25, -0.2) is 29.9 Å². The zero-order valence-electron chi connectivity index (χ0n) is 52.4. The fourth-order valence-corrected chi connectivity index (χ4v) is 13.3. The number of nitrogens with zero attached hydrogens (tertiary/aromatic N) is 6. The van der Waals surface area contributed by atoms with Gasteiger partial charge in [-0.15, -0.1) is 0 Å². The fraction of sp³-hybridized carbons (Fsp3) is 0. The summed E-state index contributed by atoms with van der Waals surface area (Å²) in [7, 11) is -1.52. The fourth-order valence-electron chi connectivity index (χ4n) is 12.6. The zero-order valence-corrected chi connectivity index (χ0v) is 55.5. The number of benzene rings is 14. The van der Waals surface area contributed by atoms with E-state index in [9.17, 15) is 10.0 Å². The van der Waals surface area contributed by atoms with Gasteiger partial charge in [0, 0.05) is 80.2 Å². The van der Waals surface area contributed by atoms with Crippen molar-refractivity contribution in [3.05, 3.63) is 313 Å². The van der Waals surface area contributed by atoms with Gasteiger partial charge in [-0.1, -0.05) is 270 Å². The highest BCUT2D eigenvalue weighted by molar-refractivity contribution is 9.10. The third-order valence-corrected chi connectivity index (χ3v) is 18.0. The van der Waals surface area contributed by atoms with Crippen molar-refractivity contribution in [2.24, 2.45) is 0 Å². The summed E-state index contributed by atoms with van der Waals surface area (Å²) in [5.74, 6) is 3.90. The third-order valence-electron chi connectivity index (χ3n) is 17.1. The van der Waals surface area contributed by atoms with Crippen molar-refractivity contribution in [3.63, 3.8) is 0 Å². The molecule has 0 atom stereocenters. The van der Waals surface area contributed by atoms with Crippen LogP contribution in [0.2, 0.25) is 10.0 Å². The SMILES string of the molecule is Brc1cccc(-c2nc(-c3ccccc3)nc(-c3ccccc3)n2)c1.Clc1ccc2c3ccc(-c4cccc(-c5nc(-c6ccccc6)nc(-c6ccccc6)n5)c4)cc3c3oc4ccccc4c3c2c1.OB(O)c1ccc2c3ccc(Cl)cc3c3c4ccccc4oc3c2c1.[B-].[CH3-]. The lowest BCUT2D eigenvalue weighted by molar-refractivity contribution is 0.426. The molecule has 15 heteroatoms. The van der Waals surface area contributed by atoms with Crippen LogP contribution in [-0.2, 0) is 0 Å². The van der Waals surface area contributed by atoms with E-state index in [2.05, 4.69) is 75.5 Å². The highest BCUT2D eigenvalue weighted by Gasteiger charge is 2.22. The van der Waals surface area contributed by atoms with Crippen LogP contribution < -0.4 is 5.46 Å². The van der Waals surface area contributed by atoms with E-state index in [1.165, 1.54) is 0 Å². The van der Waals surface area contributed by atoms with Gasteiger partial charge in [0.15, 0.2) is 34.9 Å². The van der Waals surface area contributed by atoms with Gasteiger partial charge in [0.05, 0.1) is 0 Å². The quantitative estimate of drug-likeness (QED) is 0.0857. The predicted octanol–water partition coefficient (Wildman–Crippen LogP) is 21.3. The van der Waals surface area contributed by atoms with Crippen LogP contribution in [-0.4, -0.2) is 55.5 Å². The number of aromatic nitrogens is 6. The molecule has 0 aliphatic rings. The Hall–Kier alpha value is -11.2. The number of halogens is 3. The Morgan fingerprint density at radius 2 is 0.622 bits per heavy atom. The number of fused-ring (bicyclic) bond motifs is 16. The summed E-state index contributed by atoms with van der Waals surface area (Å²) in [5.41, 5.74) is 11.5. The minimum absolute atomic E-state index is 0. The Balaban J connectivity index is 0.000000135. The molecule has 468 valence electrons. The van der Waals surface area contributed by atoms with Gasteiger partial charge in [-0.2, -0.15) is 0 Å². The second kappa shape index (κ2) is 27.5. The maximum absolute atomic E-state index is 9.55. The Morgan fingerprint density at radius 3 is 1.06 bits per heavy atom. The Bertz CT molecular complexity index is 5890. The molecule has 0 bridgehead atoms. The summed E-state index contributed by atoms with van der Waals surface area (Å²) in [5, 5.41) is 33.0. The molecule has 0 spiro atoms. The van der Waals surface area contributed by atoms with E-state index in [-0.39, 0.29) is 15.8 Å². The molecule has 0 saturated heterocycles. The molecule has 4 heterocycles. The summed E-state index contributed by atoms with van der Waals surface area (Å²) in [6.45, 7) is 0. The lowest BCUT2D eigenvalue weighted by Crippen LogP contribution is -2.29. The number of para-hydroxylation sites is 2. The molecule has 98 heavy (non-hydrogen) atoms. The van der Waals surface area contributed by atoms with Crippen molar-refractivity contribution >= 4 is 147 Å². The average molecular weight is 1370 g/mol. The van der Waals surface area contributed by atoms with Crippen LogP contribution in [0.25, 0.3) is 166 Å². The first kappa shape index (κ1) is 64.2. The molecule has 18 rings (SSSR count). The van der Waals surface area contributed by atoms with E-state index >= 15 is 0 Å². The first-order valence-corrected chi connectivity index (χ1v) is 32.6. The molecule has 4 radical (unpaired) electrons. The molecule has 10 nitrogen and oxygen atoms in total. The molecule has 0 unspecified atom stereocenters. The van der Waals surface area contributed by atoms with E-state index in [1.807, 2.05) is 224 Å². The monoisotopic (exact) mass is 1370 g/mol. The van der Waals surface area contributed by atoms with Crippen LogP contribution in [0.3, 0.4) is 0 Å². The summed E-state index contributed by atoms with van der Waals surface area (Å²) in [4.78, 5) is 28.8. The second-order valence-electron chi connectivity index (χ2n) is 23.1. The van der Waals surface area contributed by atoms with Crippen LogP contribution >= 0.6 is 39.1 Å². The molecule has 4 aromatic heterocycles. The van der Waals surface area contributed by atoms with Crippen molar-refractivity contribution in [1.29, 1.82) is 0 Å². The van der Waals surface area contributed by atoms with Crippen LogP contribution in [0.15, 0.2) is 304 Å². The van der Waals surface area contributed by atoms with E-state index in [0.717, 1.165) is 136 Å². The van der Waals surface area contributed by atoms with Crippen LogP contribution in [0, 0.1) is 7.43 Å². The van der Waals surface area contributed by atoms with E-state index in [0.29, 0.717) is 50.5 Å². The molecular weight excluding hydrogens is 1320 g/mol. The number of rotatable bonds is 8. The largest absolute Gasteiger partial charge is 1.00 e. The Kier molecular flexibility index (Phi) is 18.0. The number of hydrogen-bond acceptors (Lipinski definition) is 10. The van der Waals surface area contributed by atoms with Crippen LogP contribution in [0.1, 0.15) is 0 Å². The van der Waals surface area contributed by atoms with Gasteiger partial charge in [0.1, 0.15) is 22.3 Å². The van der Waals surface area contributed by atoms with E-state index < -0.39 is 7.12 Å². The minimum Gasteiger partial charge on any atom is -1.00 e. The number of furan rings is 2. The van der Waals surface area contributed by atoms with Crippen molar-refractivity contribution in [1.82, 2.24) is 29.9 Å². The van der Waals surface area contributed by atoms with Gasteiger partial charge >= 0.3 is 7.12 Å². The molecular formula is C83H53B2BrCl2N6O4-2. The lowest BCUT2D eigenvalue weighted by Gasteiger charge is -2.11. The normalized spacial score (nSPS) is 11.2. The van der Waals surface area contributed by atoms with Gasteiger partial charge in [-0.05, 0) is 110 Å². The van der Waals surface area contributed by atoms with Crippen molar-refractivity contribution < 1.29 is 18.9 Å². The lowest BCUT2D eigenvalue weighted by atomic mass is 9.79. The van der Waals surface area contributed by atoms with Crippen LogP contribution in [0.4, 0.5) is 0 Å². The van der Waals surface area contributed by atoms with E-state index in [1.54, 1.807) is 12.1 Å². The maximum Gasteiger partial charge on any atom is 0.488 e. The Morgan fingerprint density at radius 1 is 0.286 bits per heavy atom. The maximum atomic E-state index is 9.55. The van der Waals surface area contributed by atoms with Gasteiger partial charge in [-0.3, -0.25) is 0 Å². The smallest absolute Gasteiger partial charge is 0.488 e. The highest BCUT2D eigenvalue weighted by atomic mass is 79.9. The Labute approximate surface area is 584 Å². The third kappa shape index (κ3) is 12.5. The second-order valence-corrected chi connectivity index (χ2v) is 24.9. The van der Waals surface area contributed by atoms with Crippen molar-refractivity contribution in [2.75, 3.05) is 0 Å². The summed E-state index contributed by atoms with van der Waals surface area (Å²) in [6, 6.07) is 96.3. The summed E-state index contributed by atoms with van der Waals surface area (Å²) in [6.07, 6.45) is 0. The zero-order chi connectivity index (χ0) is 64.8. The molecule has 0 fully saturated rings. The van der Waals surface area contributed by atoms with Crippen molar-refractivity contribution in [2.45, 2.75) is 0 Å². The van der Waals surface area contributed by atoms with E-state index in [4.69, 9.17) is 57.0 Å². The summed E-state index contributed by atoms with van der Waals surface area (Å²) < 4.78 is 13.7. The van der Waals surface area contributed by atoms with Gasteiger partial charge in [0.2, 0.25) is 0 Å². The van der Waals surface area contributed by atoms with Gasteiger partial charge < -0.3 is 34.7 Å². The number of hydrogen-bond donors (Lipinski definition) is 2.